The van der Waals surface area contributed by atoms with Crippen molar-refractivity contribution < 1.29 is 9.47 Å². The molecule has 0 amide bonds. The van der Waals surface area contributed by atoms with E-state index in [0.29, 0.717) is 25.0 Å². The van der Waals surface area contributed by atoms with Crippen molar-refractivity contribution in [2.75, 3.05) is 13.2 Å². The molecule has 0 aromatic heterocycles. The Bertz CT molecular complexity index is 793. The van der Waals surface area contributed by atoms with Crippen molar-refractivity contribution >= 4 is 35.1 Å². The first-order chi connectivity index (χ1) is 13.3. The van der Waals surface area contributed by atoms with Gasteiger partial charge in [0.2, 0.25) is 0 Å². The van der Waals surface area contributed by atoms with Crippen molar-refractivity contribution in [3.63, 3.8) is 0 Å². The molecule has 0 unspecified atom stereocenters. The Morgan fingerprint density at radius 2 is 1.43 bits per heavy atom. The first-order valence-electron chi connectivity index (χ1n) is 9.93. The van der Waals surface area contributed by atoms with Crippen LogP contribution in [0, 0.1) is 11.8 Å². The molecule has 28 heavy (non-hydrogen) atoms. The van der Waals surface area contributed by atoms with Crippen LogP contribution in [-0.2, 0) is 6.42 Å². The molecule has 0 radical (unpaired) electrons. The van der Waals surface area contributed by atoms with Crippen LogP contribution >= 0.6 is 25.3 Å². The predicted octanol–water partition coefficient (Wildman–Crippen LogP) is 7.00. The van der Waals surface area contributed by atoms with E-state index in [1.807, 2.05) is 18.2 Å². The first-order valence-corrected chi connectivity index (χ1v) is 10.8. The summed E-state index contributed by atoms with van der Waals surface area (Å²) in [4.78, 5) is 1.60. The van der Waals surface area contributed by atoms with Crippen LogP contribution in [0.5, 0.6) is 11.5 Å². The summed E-state index contributed by atoms with van der Waals surface area (Å²) in [7, 11) is 0. The van der Waals surface area contributed by atoms with Crippen molar-refractivity contribution in [3.8, 4) is 11.5 Å². The highest BCUT2D eigenvalue weighted by atomic mass is 32.1. The summed E-state index contributed by atoms with van der Waals surface area (Å²) in [6, 6.07) is 14.4. The van der Waals surface area contributed by atoms with Crippen molar-refractivity contribution in [3.05, 3.63) is 59.2 Å². The summed E-state index contributed by atoms with van der Waals surface area (Å²) in [6.07, 6.45) is 1.02. The van der Waals surface area contributed by atoms with E-state index in [0.717, 1.165) is 38.9 Å². The van der Waals surface area contributed by atoms with Crippen molar-refractivity contribution in [1.29, 1.82) is 0 Å². The van der Waals surface area contributed by atoms with Gasteiger partial charge < -0.3 is 9.47 Å². The Labute approximate surface area is 181 Å². The van der Waals surface area contributed by atoms with E-state index in [-0.39, 0.29) is 0 Å². The minimum Gasteiger partial charge on any atom is -0.493 e. The van der Waals surface area contributed by atoms with E-state index in [1.54, 1.807) is 0 Å². The third-order valence-electron chi connectivity index (χ3n) is 4.22. The van der Waals surface area contributed by atoms with Crippen LogP contribution < -0.4 is 9.47 Å². The fraction of sp³-hybridized carbons (Fsp3) is 0.417. The minimum atomic E-state index is 0.439. The van der Waals surface area contributed by atoms with Gasteiger partial charge in [-0.3, -0.25) is 0 Å². The van der Waals surface area contributed by atoms with Crippen molar-refractivity contribution in [2.24, 2.45) is 11.8 Å². The maximum Gasteiger partial charge on any atom is 0.127 e. The lowest BCUT2D eigenvalue weighted by Gasteiger charge is -2.17. The largest absolute Gasteiger partial charge is 0.493 e. The Balaban J connectivity index is 2.42. The van der Waals surface area contributed by atoms with Crippen LogP contribution in [0.1, 0.15) is 51.3 Å². The van der Waals surface area contributed by atoms with Gasteiger partial charge in [0.15, 0.2) is 0 Å². The quantitative estimate of drug-likeness (QED) is 0.338. The van der Waals surface area contributed by atoms with E-state index in [1.165, 1.54) is 5.56 Å². The lowest BCUT2D eigenvalue weighted by molar-refractivity contribution is 0.263. The molecule has 0 bridgehead atoms. The molecule has 2 rings (SSSR count). The molecular formula is C24H32O2S2. The average Bonchev–Trinajstić information content (AvgIpc) is 2.69. The van der Waals surface area contributed by atoms with Gasteiger partial charge in [-0.2, -0.15) is 0 Å². The second-order valence-corrected chi connectivity index (χ2v) is 8.71. The maximum atomic E-state index is 6.05. The van der Waals surface area contributed by atoms with Gasteiger partial charge in [0, 0.05) is 15.4 Å². The van der Waals surface area contributed by atoms with Gasteiger partial charge in [0.25, 0.3) is 0 Å². The molecule has 4 heteroatoms. The summed E-state index contributed by atoms with van der Waals surface area (Å²) in [5.74, 6) is 2.51. The van der Waals surface area contributed by atoms with E-state index in [4.69, 9.17) is 34.7 Å². The first kappa shape index (κ1) is 22.8. The van der Waals surface area contributed by atoms with Gasteiger partial charge in [0.05, 0.1) is 13.2 Å². The highest BCUT2D eigenvalue weighted by Gasteiger charge is 2.14. The number of aryl methyl sites for hydroxylation is 1. The molecule has 0 saturated heterocycles. The Morgan fingerprint density at radius 3 is 2.00 bits per heavy atom. The zero-order valence-corrected chi connectivity index (χ0v) is 19.3. The van der Waals surface area contributed by atoms with Gasteiger partial charge in [-0.1, -0.05) is 58.9 Å². The van der Waals surface area contributed by atoms with Gasteiger partial charge in [-0.15, -0.1) is 25.3 Å². The van der Waals surface area contributed by atoms with Crippen LogP contribution in [-0.4, -0.2) is 13.2 Å². The van der Waals surface area contributed by atoms with Gasteiger partial charge in [-0.05, 0) is 47.6 Å². The molecule has 0 aliphatic heterocycles. The Kier molecular flexibility index (Phi) is 8.84. The molecular weight excluding hydrogens is 384 g/mol. The molecule has 0 aliphatic carbocycles. The number of hydrogen-bond donors (Lipinski definition) is 2. The Morgan fingerprint density at radius 1 is 0.821 bits per heavy atom. The average molecular weight is 417 g/mol. The zero-order chi connectivity index (χ0) is 20.7. The van der Waals surface area contributed by atoms with Crippen molar-refractivity contribution in [1.82, 2.24) is 0 Å². The normalized spacial score (nSPS) is 12.3. The van der Waals surface area contributed by atoms with E-state index >= 15 is 0 Å². The Hall–Kier alpha value is -1.52. The molecule has 0 N–H and O–H groups in total. The smallest absolute Gasteiger partial charge is 0.127 e. The third kappa shape index (κ3) is 6.52. The number of hydrogen-bond acceptors (Lipinski definition) is 4. The molecule has 152 valence electrons. The molecule has 0 fully saturated rings. The SMILES string of the molecule is CCc1ccc(C(S)=C(S)c2cc(OCC(C)C)ccc2OCC(C)C)cc1. The monoisotopic (exact) mass is 416 g/mol. The number of thiol groups is 2. The number of rotatable bonds is 9. The fourth-order valence-electron chi connectivity index (χ4n) is 2.59. The van der Waals surface area contributed by atoms with Crippen LogP contribution in [0.2, 0.25) is 0 Å². The summed E-state index contributed by atoms with van der Waals surface area (Å²) in [6.45, 7) is 12.0. The number of benzene rings is 2. The van der Waals surface area contributed by atoms with Gasteiger partial charge in [0.1, 0.15) is 11.5 Å². The molecule has 2 nitrogen and oxygen atoms in total. The summed E-state index contributed by atoms with van der Waals surface area (Å²) in [5.41, 5.74) is 3.24. The fourth-order valence-corrected chi connectivity index (χ4v) is 3.17. The van der Waals surface area contributed by atoms with Gasteiger partial charge in [-0.25, -0.2) is 0 Å². The van der Waals surface area contributed by atoms with Crippen molar-refractivity contribution in [2.45, 2.75) is 41.0 Å². The number of ether oxygens (including phenoxy) is 2. The minimum absolute atomic E-state index is 0.439. The zero-order valence-electron chi connectivity index (χ0n) is 17.5. The van der Waals surface area contributed by atoms with E-state index in [9.17, 15) is 0 Å². The molecule has 2 aromatic carbocycles. The molecule has 0 heterocycles. The lowest BCUT2D eigenvalue weighted by Crippen LogP contribution is -2.07. The second-order valence-electron chi connectivity index (χ2n) is 7.82. The topological polar surface area (TPSA) is 18.5 Å². The highest BCUT2D eigenvalue weighted by molar-refractivity contribution is 7.96. The van der Waals surface area contributed by atoms with Crippen LogP contribution in [0.25, 0.3) is 9.81 Å². The predicted molar refractivity (Wildman–Crippen MR) is 128 cm³/mol. The maximum absolute atomic E-state index is 6.05. The summed E-state index contributed by atoms with van der Waals surface area (Å²) in [5, 5.41) is 0. The molecule has 0 aliphatic rings. The van der Waals surface area contributed by atoms with E-state index < -0.39 is 0 Å². The van der Waals surface area contributed by atoms with Crippen LogP contribution in [0.3, 0.4) is 0 Å². The summed E-state index contributed by atoms with van der Waals surface area (Å²) >= 11 is 9.58. The van der Waals surface area contributed by atoms with Crippen LogP contribution in [0.4, 0.5) is 0 Å². The second kappa shape index (κ2) is 10.9. The summed E-state index contributed by atoms with van der Waals surface area (Å²) < 4.78 is 12.0. The molecule has 0 spiro atoms. The lowest BCUT2D eigenvalue weighted by atomic mass is 10.1. The standard InChI is InChI=1S/C24H32O2S2/c1-6-18-7-9-19(10-8-18)23(27)24(28)21-13-20(25-14-16(2)3)11-12-22(21)26-15-17(4)5/h7-13,16-17,27-28H,6,14-15H2,1-5H3. The van der Waals surface area contributed by atoms with E-state index in [2.05, 4.69) is 58.9 Å². The van der Waals surface area contributed by atoms with Crippen LogP contribution in [0.15, 0.2) is 42.5 Å². The van der Waals surface area contributed by atoms with Gasteiger partial charge >= 0.3 is 0 Å². The third-order valence-corrected chi connectivity index (χ3v) is 5.34. The molecule has 2 aromatic rings. The molecule has 0 saturated carbocycles. The highest BCUT2D eigenvalue weighted by Crippen LogP contribution is 2.38. The molecule has 0 atom stereocenters.